The fraction of sp³-hybridized carbons (Fsp3) is 0.286. The van der Waals surface area contributed by atoms with Gasteiger partial charge in [0.05, 0.1) is 37.9 Å². The molecule has 0 heterocycles. The van der Waals surface area contributed by atoms with Crippen molar-refractivity contribution in [3.8, 4) is 17.2 Å². The highest BCUT2D eigenvalue weighted by atomic mass is 79.9. The van der Waals surface area contributed by atoms with E-state index in [0.717, 1.165) is 11.3 Å². The maximum Gasteiger partial charge on any atom is 0.343 e. The van der Waals surface area contributed by atoms with E-state index in [2.05, 4.69) is 31.2 Å². The van der Waals surface area contributed by atoms with Crippen LogP contribution in [0.2, 0.25) is 0 Å². The van der Waals surface area contributed by atoms with Crippen molar-refractivity contribution in [1.82, 2.24) is 5.43 Å². The van der Waals surface area contributed by atoms with Crippen molar-refractivity contribution in [2.75, 3.05) is 27.4 Å². The molecule has 0 bridgehead atoms. The molecule has 1 amide bonds. The summed E-state index contributed by atoms with van der Waals surface area (Å²) in [5.74, 6) is 0.762. The summed E-state index contributed by atoms with van der Waals surface area (Å²) in [6.07, 6.45) is 1.67. The van der Waals surface area contributed by atoms with E-state index in [1.165, 1.54) is 20.4 Å². The zero-order valence-corrected chi connectivity index (χ0v) is 18.5. The van der Waals surface area contributed by atoms with E-state index >= 15 is 0 Å². The first-order chi connectivity index (χ1) is 14.5. The first-order valence-corrected chi connectivity index (χ1v) is 9.86. The molecule has 1 N–H and O–H groups in total. The van der Waals surface area contributed by atoms with Crippen molar-refractivity contribution in [3.05, 3.63) is 52.0 Å². The molecule has 30 heavy (non-hydrogen) atoms. The Labute approximate surface area is 183 Å². The first-order valence-electron chi connectivity index (χ1n) is 9.07. The van der Waals surface area contributed by atoms with Gasteiger partial charge < -0.3 is 18.9 Å². The Morgan fingerprint density at radius 2 is 1.87 bits per heavy atom. The third-order valence-corrected chi connectivity index (χ3v) is 4.40. The van der Waals surface area contributed by atoms with Crippen LogP contribution in [0.3, 0.4) is 0 Å². The van der Waals surface area contributed by atoms with E-state index in [-0.39, 0.29) is 18.9 Å². The Kier molecular flexibility index (Phi) is 9.14. The minimum Gasteiger partial charge on any atom is -0.494 e. The van der Waals surface area contributed by atoms with Crippen molar-refractivity contribution in [2.45, 2.75) is 13.3 Å². The summed E-state index contributed by atoms with van der Waals surface area (Å²) in [5.41, 5.74) is 4.00. The minimum absolute atomic E-state index is 0.192. The largest absolute Gasteiger partial charge is 0.494 e. The van der Waals surface area contributed by atoms with Crippen LogP contribution in [0, 0.1) is 0 Å². The van der Waals surface area contributed by atoms with Crippen LogP contribution in [-0.4, -0.2) is 45.5 Å². The van der Waals surface area contributed by atoms with Crippen LogP contribution < -0.4 is 19.6 Å². The Bertz CT molecular complexity index is 899. The molecule has 0 unspecified atom stereocenters. The molecule has 160 valence electrons. The van der Waals surface area contributed by atoms with Crippen molar-refractivity contribution >= 4 is 34.0 Å². The highest BCUT2D eigenvalue weighted by Crippen LogP contribution is 2.36. The van der Waals surface area contributed by atoms with Gasteiger partial charge in [-0.1, -0.05) is 12.1 Å². The number of nitrogens with one attached hydrogen (secondary N) is 1. The van der Waals surface area contributed by atoms with E-state index in [1.807, 2.05) is 31.2 Å². The molecule has 0 spiro atoms. The third kappa shape index (κ3) is 7.07. The van der Waals surface area contributed by atoms with Gasteiger partial charge in [0.25, 0.3) is 0 Å². The second-order valence-corrected chi connectivity index (χ2v) is 6.80. The van der Waals surface area contributed by atoms with Gasteiger partial charge in [0.2, 0.25) is 5.91 Å². The lowest BCUT2D eigenvalue weighted by Gasteiger charge is -2.12. The predicted octanol–water partition coefficient (Wildman–Crippen LogP) is 3.10. The number of methoxy groups -OCH3 is 2. The highest BCUT2D eigenvalue weighted by Gasteiger charge is 2.13. The molecular weight excluding hydrogens is 456 g/mol. The maximum atomic E-state index is 12.1. The average Bonchev–Trinajstić information content (AvgIpc) is 2.74. The van der Waals surface area contributed by atoms with Crippen LogP contribution in [0.5, 0.6) is 17.2 Å². The van der Waals surface area contributed by atoms with Gasteiger partial charge >= 0.3 is 5.97 Å². The maximum absolute atomic E-state index is 12.1. The van der Waals surface area contributed by atoms with Crippen molar-refractivity contribution in [2.24, 2.45) is 5.10 Å². The Morgan fingerprint density at radius 3 is 2.50 bits per heavy atom. The first kappa shape index (κ1) is 23.2. The molecule has 0 aromatic heterocycles. The summed E-state index contributed by atoms with van der Waals surface area (Å²) in [5, 5.41) is 3.98. The Morgan fingerprint density at radius 1 is 1.13 bits per heavy atom. The number of carbonyl (C=O) groups excluding carboxylic acids is 2. The van der Waals surface area contributed by atoms with Gasteiger partial charge in [0, 0.05) is 0 Å². The summed E-state index contributed by atoms with van der Waals surface area (Å²) in [4.78, 5) is 23.4. The molecule has 0 aliphatic heterocycles. The number of hydrogen-bond donors (Lipinski definition) is 1. The van der Waals surface area contributed by atoms with Gasteiger partial charge in [-0.3, -0.25) is 4.79 Å². The molecular formula is C21H23BrN2O6. The molecule has 2 aromatic carbocycles. The smallest absolute Gasteiger partial charge is 0.343 e. The van der Waals surface area contributed by atoms with Gasteiger partial charge in [0.15, 0.2) is 18.1 Å². The van der Waals surface area contributed by atoms with Gasteiger partial charge in [-0.15, -0.1) is 0 Å². The average molecular weight is 479 g/mol. The second kappa shape index (κ2) is 11.8. The lowest BCUT2D eigenvalue weighted by Crippen LogP contribution is -2.19. The number of carbonyl (C=O) groups is 2. The van der Waals surface area contributed by atoms with Crippen LogP contribution in [0.15, 0.2) is 46.0 Å². The van der Waals surface area contributed by atoms with Crippen molar-refractivity contribution < 1.29 is 28.5 Å². The molecule has 2 rings (SSSR count). The number of amides is 1. The Hall–Kier alpha value is -3.07. The fourth-order valence-electron chi connectivity index (χ4n) is 2.42. The summed E-state index contributed by atoms with van der Waals surface area (Å²) in [6, 6.07) is 10.7. The van der Waals surface area contributed by atoms with E-state index in [1.54, 1.807) is 12.1 Å². The predicted molar refractivity (Wildman–Crippen MR) is 115 cm³/mol. The topological polar surface area (TPSA) is 95.5 Å². The molecule has 2 aromatic rings. The number of rotatable bonds is 10. The number of hydrogen-bond acceptors (Lipinski definition) is 7. The Balaban J connectivity index is 1.97. The van der Waals surface area contributed by atoms with Crippen LogP contribution >= 0.6 is 15.9 Å². The molecule has 0 fully saturated rings. The second-order valence-electron chi connectivity index (χ2n) is 5.95. The molecule has 0 saturated carbocycles. The molecule has 0 aliphatic carbocycles. The quantitative estimate of drug-likeness (QED) is 0.320. The van der Waals surface area contributed by atoms with Gasteiger partial charge in [-0.25, -0.2) is 10.2 Å². The van der Waals surface area contributed by atoms with E-state index in [4.69, 9.17) is 14.2 Å². The van der Waals surface area contributed by atoms with E-state index < -0.39 is 5.97 Å². The zero-order valence-electron chi connectivity index (χ0n) is 16.9. The highest BCUT2D eigenvalue weighted by molar-refractivity contribution is 9.10. The fourth-order valence-corrected chi connectivity index (χ4v) is 2.99. The van der Waals surface area contributed by atoms with Gasteiger partial charge in [0.1, 0.15) is 5.75 Å². The number of halogens is 1. The number of esters is 1. The number of nitrogens with zero attached hydrogens (tertiary/aromatic N) is 1. The minimum atomic E-state index is -0.509. The molecule has 0 aliphatic rings. The number of benzene rings is 2. The van der Waals surface area contributed by atoms with Crippen LogP contribution in [0.1, 0.15) is 18.1 Å². The van der Waals surface area contributed by atoms with E-state index in [0.29, 0.717) is 28.1 Å². The summed E-state index contributed by atoms with van der Waals surface area (Å²) >= 11 is 3.38. The monoisotopic (exact) mass is 478 g/mol. The number of ether oxygens (including phenoxy) is 4. The summed E-state index contributed by atoms with van der Waals surface area (Å²) in [7, 11) is 2.76. The third-order valence-electron chi connectivity index (χ3n) is 3.82. The van der Waals surface area contributed by atoms with Crippen molar-refractivity contribution in [3.63, 3.8) is 0 Å². The molecule has 9 heteroatoms. The van der Waals surface area contributed by atoms with Crippen LogP contribution in [0.25, 0.3) is 0 Å². The SMILES string of the molecule is CCOc1ccc(CC(=O)N/N=C\c2cc(Br)c(OCC(=O)OC)c(OC)c2)cc1. The van der Waals surface area contributed by atoms with Gasteiger partial charge in [-0.2, -0.15) is 5.10 Å². The van der Waals surface area contributed by atoms with Crippen molar-refractivity contribution in [1.29, 1.82) is 0 Å². The molecule has 0 atom stereocenters. The standard InChI is InChI=1S/C21H23BrN2O6/c1-4-29-16-7-5-14(6-8-16)11-19(25)24-23-12-15-9-17(22)21(18(10-15)27-2)30-13-20(26)28-3/h5-10,12H,4,11,13H2,1-3H3,(H,24,25)/b23-12-. The van der Waals surface area contributed by atoms with E-state index in [9.17, 15) is 9.59 Å². The van der Waals surface area contributed by atoms with Gasteiger partial charge in [-0.05, 0) is 58.2 Å². The summed E-state index contributed by atoms with van der Waals surface area (Å²) in [6.45, 7) is 2.25. The normalized spacial score (nSPS) is 10.5. The molecule has 0 saturated heterocycles. The summed E-state index contributed by atoms with van der Waals surface area (Å²) < 4.78 is 21.2. The van der Waals surface area contributed by atoms with Crippen LogP contribution in [0.4, 0.5) is 0 Å². The molecule has 0 radical (unpaired) electrons. The van der Waals surface area contributed by atoms with Crippen LogP contribution in [-0.2, 0) is 20.7 Å². The lowest BCUT2D eigenvalue weighted by atomic mass is 10.1. The molecule has 8 nitrogen and oxygen atoms in total. The zero-order chi connectivity index (χ0) is 21.9. The number of hydrazone groups is 1. The lowest BCUT2D eigenvalue weighted by molar-refractivity contribution is -0.143.